The molecule has 1 heterocycles. The summed E-state index contributed by atoms with van der Waals surface area (Å²) < 4.78 is 10.8. The van der Waals surface area contributed by atoms with E-state index in [1.807, 2.05) is 17.0 Å². The number of benzene rings is 2. The second kappa shape index (κ2) is 9.96. The second-order valence-corrected chi connectivity index (χ2v) is 7.19. The first-order chi connectivity index (χ1) is 14.1. The van der Waals surface area contributed by atoms with Crippen molar-refractivity contribution in [3.8, 4) is 11.5 Å². The molecule has 1 aliphatic rings. The van der Waals surface area contributed by atoms with Crippen molar-refractivity contribution in [2.24, 2.45) is 0 Å². The minimum absolute atomic E-state index is 0.0399. The van der Waals surface area contributed by atoms with Gasteiger partial charge in [-0.15, -0.1) is 0 Å². The van der Waals surface area contributed by atoms with Gasteiger partial charge in [0.2, 0.25) is 5.91 Å². The van der Waals surface area contributed by atoms with E-state index in [-0.39, 0.29) is 18.4 Å². The molecule has 0 radical (unpaired) electrons. The number of methoxy groups -OCH3 is 1. The normalized spacial score (nSPS) is 13.9. The Bertz CT molecular complexity index is 827. The average Bonchev–Trinajstić information content (AvgIpc) is 2.77. The van der Waals surface area contributed by atoms with Gasteiger partial charge in [-0.25, -0.2) is 0 Å². The van der Waals surface area contributed by atoms with Crippen LogP contribution < -0.4 is 9.47 Å². The van der Waals surface area contributed by atoms with E-state index in [0.29, 0.717) is 44.1 Å². The van der Waals surface area contributed by atoms with Gasteiger partial charge in [0.05, 0.1) is 7.11 Å². The van der Waals surface area contributed by atoms with Gasteiger partial charge in [0.1, 0.15) is 0 Å². The van der Waals surface area contributed by atoms with Crippen molar-refractivity contribution in [3.63, 3.8) is 0 Å². The van der Waals surface area contributed by atoms with Crippen molar-refractivity contribution in [1.29, 1.82) is 0 Å². The molecule has 2 aromatic carbocycles. The Labute approximate surface area is 172 Å². The summed E-state index contributed by atoms with van der Waals surface area (Å²) in [5.74, 6) is 1.21. The lowest BCUT2D eigenvalue weighted by Crippen LogP contribution is -2.51. The maximum absolute atomic E-state index is 12.5. The predicted molar refractivity (Wildman–Crippen MR) is 111 cm³/mol. The van der Waals surface area contributed by atoms with E-state index in [1.54, 1.807) is 24.1 Å². The largest absolute Gasteiger partial charge is 0.493 e. The lowest BCUT2D eigenvalue weighted by atomic mass is 10.1. The zero-order valence-electron chi connectivity index (χ0n) is 17.1. The number of para-hydroxylation sites is 2. The maximum Gasteiger partial charge on any atom is 0.260 e. The van der Waals surface area contributed by atoms with Crippen molar-refractivity contribution in [2.75, 3.05) is 39.9 Å². The fourth-order valence-electron chi connectivity index (χ4n) is 3.34. The van der Waals surface area contributed by atoms with Crippen LogP contribution in [0.3, 0.4) is 0 Å². The first kappa shape index (κ1) is 20.7. The van der Waals surface area contributed by atoms with Crippen molar-refractivity contribution in [3.05, 3.63) is 59.7 Å². The van der Waals surface area contributed by atoms with E-state index in [2.05, 4.69) is 31.2 Å². The number of rotatable bonds is 7. The van der Waals surface area contributed by atoms with E-state index >= 15 is 0 Å². The summed E-state index contributed by atoms with van der Waals surface area (Å²) in [6.45, 7) is 4.20. The molecule has 6 nitrogen and oxygen atoms in total. The highest BCUT2D eigenvalue weighted by atomic mass is 16.5. The van der Waals surface area contributed by atoms with E-state index in [0.717, 1.165) is 6.42 Å². The molecule has 0 aliphatic carbocycles. The molecular formula is C23H28N2O4. The summed E-state index contributed by atoms with van der Waals surface area (Å²) in [4.78, 5) is 28.5. The second-order valence-electron chi connectivity index (χ2n) is 7.19. The van der Waals surface area contributed by atoms with Crippen LogP contribution in [0, 0.1) is 6.92 Å². The fourth-order valence-corrected chi connectivity index (χ4v) is 3.34. The lowest BCUT2D eigenvalue weighted by Gasteiger charge is -2.34. The number of carbonyl (C=O) groups excluding carboxylic acids is 2. The highest BCUT2D eigenvalue weighted by Gasteiger charge is 2.24. The summed E-state index contributed by atoms with van der Waals surface area (Å²) in [6, 6.07) is 15.5. The molecule has 2 aromatic rings. The lowest BCUT2D eigenvalue weighted by molar-refractivity contribution is -0.140. The molecule has 0 N–H and O–H groups in total. The topological polar surface area (TPSA) is 59.1 Å². The van der Waals surface area contributed by atoms with Crippen molar-refractivity contribution in [2.45, 2.75) is 19.8 Å². The van der Waals surface area contributed by atoms with Gasteiger partial charge in [-0.05, 0) is 31.0 Å². The van der Waals surface area contributed by atoms with Gasteiger partial charge in [0.25, 0.3) is 5.91 Å². The minimum Gasteiger partial charge on any atom is -0.493 e. The van der Waals surface area contributed by atoms with Crippen LogP contribution in [0.25, 0.3) is 0 Å². The molecule has 0 unspecified atom stereocenters. The van der Waals surface area contributed by atoms with Crippen LogP contribution >= 0.6 is 0 Å². The molecule has 1 saturated heterocycles. The van der Waals surface area contributed by atoms with Crippen LogP contribution in [0.15, 0.2) is 48.5 Å². The molecule has 1 aliphatic heterocycles. The number of carbonyl (C=O) groups is 2. The standard InChI is InChI=1S/C23H28N2O4/c1-18-7-9-19(10-8-18)11-12-22(26)24-13-15-25(16-14-24)23(27)17-29-21-6-4-3-5-20(21)28-2/h3-10H,11-17H2,1-2H3. The van der Waals surface area contributed by atoms with Gasteiger partial charge >= 0.3 is 0 Å². The highest BCUT2D eigenvalue weighted by Crippen LogP contribution is 2.25. The van der Waals surface area contributed by atoms with E-state index in [1.165, 1.54) is 11.1 Å². The van der Waals surface area contributed by atoms with Gasteiger partial charge in [0, 0.05) is 32.6 Å². The van der Waals surface area contributed by atoms with Crippen LogP contribution in [0.2, 0.25) is 0 Å². The SMILES string of the molecule is COc1ccccc1OCC(=O)N1CCN(C(=O)CCc2ccc(C)cc2)CC1. The van der Waals surface area contributed by atoms with Crippen LogP contribution in [0.1, 0.15) is 17.5 Å². The zero-order valence-corrected chi connectivity index (χ0v) is 17.1. The Balaban J connectivity index is 1.41. The van der Waals surface area contributed by atoms with E-state index in [9.17, 15) is 9.59 Å². The summed E-state index contributed by atoms with van der Waals surface area (Å²) in [7, 11) is 1.57. The first-order valence-electron chi connectivity index (χ1n) is 9.93. The Morgan fingerprint density at radius 1 is 0.862 bits per heavy atom. The number of amides is 2. The highest BCUT2D eigenvalue weighted by molar-refractivity contribution is 5.79. The molecule has 3 rings (SSSR count). The summed E-state index contributed by atoms with van der Waals surface area (Å²) in [5, 5.41) is 0. The predicted octanol–water partition coefficient (Wildman–Crippen LogP) is 2.69. The zero-order chi connectivity index (χ0) is 20.6. The number of hydrogen-bond donors (Lipinski definition) is 0. The molecule has 0 bridgehead atoms. The van der Waals surface area contributed by atoms with Gasteiger partial charge in [-0.1, -0.05) is 42.0 Å². The van der Waals surface area contributed by atoms with E-state index in [4.69, 9.17) is 9.47 Å². The quantitative estimate of drug-likeness (QED) is 0.722. The summed E-state index contributed by atoms with van der Waals surface area (Å²) >= 11 is 0. The fraction of sp³-hybridized carbons (Fsp3) is 0.391. The first-order valence-corrected chi connectivity index (χ1v) is 9.93. The molecule has 154 valence electrons. The third-order valence-electron chi connectivity index (χ3n) is 5.15. The van der Waals surface area contributed by atoms with Crippen molar-refractivity contribution < 1.29 is 19.1 Å². The Morgan fingerprint density at radius 3 is 2.07 bits per heavy atom. The number of ether oxygens (including phenoxy) is 2. The van der Waals surface area contributed by atoms with Crippen molar-refractivity contribution >= 4 is 11.8 Å². The van der Waals surface area contributed by atoms with Gasteiger partial charge in [-0.2, -0.15) is 0 Å². The van der Waals surface area contributed by atoms with Gasteiger partial charge in [-0.3, -0.25) is 9.59 Å². The molecule has 29 heavy (non-hydrogen) atoms. The van der Waals surface area contributed by atoms with Gasteiger partial charge in [0.15, 0.2) is 18.1 Å². The molecule has 0 spiro atoms. The van der Waals surface area contributed by atoms with Crippen LogP contribution in [-0.2, 0) is 16.0 Å². The third-order valence-corrected chi connectivity index (χ3v) is 5.15. The Morgan fingerprint density at radius 2 is 1.45 bits per heavy atom. The molecule has 2 amide bonds. The van der Waals surface area contributed by atoms with Gasteiger partial charge < -0.3 is 19.3 Å². The minimum atomic E-state index is -0.0809. The Kier molecular flexibility index (Phi) is 7.11. The Hall–Kier alpha value is -3.02. The number of hydrogen-bond acceptors (Lipinski definition) is 4. The number of nitrogens with zero attached hydrogens (tertiary/aromatic N) is 2. The number of piperazine rings is 1. The van der Waals surface area contributed by atoms with Crippen LogP contribution in [0.5, 0.6) is 11.5 Å². The molecule has 1 fully saturated rings. The summed E-state index contributed by atoms with van der Waals surface area (Å²) in [6.07, 6.45) is 1.24. The summed E-state index contributed by atoms with van der Waals surface area (Å²) in [5.41, 5.74) is 2.39. The smallest absolute Gasteiger partial charge is 0.260 e. The molecule has 0 saturated carbocycles. The third kappa shape index (κ3) is 5.73. The molecule has 0 atom stereocenters. The van der Waals surface area contributed by atoms with Crippen LogP contribution in [-0.4, -0.2) is 61.5 Å². The molecular weight excluding hydrogens is 368 g/mol. The monoisotopic (exact) mass is 396 g/mol. The molecule has 6 heteroatoms. The number of aryl methyl sites for hydroxylation is 2. The van der Waals surface area contributed by atoms with E-state index < -0.39 is 0 Å². The molecule has 0 aromatic heterocycles. The average molecular weight is 396 g/mol. The van der Waals surface area contributed by atoms with Crippen molar-refractivity contribution in [1.82, 2.24) is 9.80 Å². The maximum atomic E-state index is 12.5. The van der Waals surface area contributed by atoms with Crippen LogP contribution in [0.4, 0.5) is 0 Å².